The second-order valence-electron chi connectivity index (χ2n) is 7.73. The zero-order chi connectivity index (χ0) is 18.4. The number of quaternary nitrogens is 1. The van der Waals surface area contributed by atoms with Crippen LogP contribution in [0.1, 0.15) is 50.8 Å². The van der Waals surface area contributed by atoms with Gasteiger partial charge in [0.25, 0.3) is 5.91 Å². The van der Waals surface area contributed by atoms with E-state index >= 15 is 0 Å². The minimum absolute atomic E-state index is 0.00292. The standard InChI is InChI=1S/C20H31N3O2/c1-14(2)12-16-4-6-17(7-5-16)15(3)22-19(24)13-23-10-8-18(9-11-23)20(21)25/h4-7,14-15,18H,8-13H2,1-3H3,(H2,21,25)(H,22,24)/p+1/t15-/m1/s1. The van der Waals surface area contributed by atoms with Crippen molar-refractivity contribution in [1.82, 2.24) is 5.32 Å². The molecule has 0 aliphatic carbocycles. The van der Waals surface area contributed by atoms with E-state index in [9.17, 15) is 9.59 Å². The molecule has 1 aromatic carbocycles. The van der Waals surface area contributed by atoms with Crippen LogP contribution in [0.15, 0.2) is 24.3 Å². The van der Waals surface area contributed by atoms with Crippen molar-refractivity contribution in [2.45, 2.75) is 46.1 Å². The third-order valence-corrected chi connectivity index (χ3v) is 5.01. The molecule has 1 aliphatic rings. The lowest BCUT2D eigenvalue weighted by atomic mass is 9.96. The van der Waals surface area contributed by atoms with Crippen molar-refractivity contribution in [3.05, 3.63) is 35.4 Å². The van der Waals surface area contributed by atoms with Crippen LogP contribution in [0.25, 0.3) is 0 Å². The molecule has 0 saturated carbocycles. The number of amides is 2. The average Bonchev–Trinajstić information content (AvgIpc) is 2.55. The summed E-state index contributed by atoms with van der Waals surface area (Å²) in [5.74, 6) is 0.476. The predicted molar refractivity (Wildman–Crippen MR) is 99.0 cm³/mol. The van der Waals surface area contributed by atoms with E-state index in [1.165, 1.54) is 10.5 Å². The maximum atomic E-state index is 12.3. The van der Waals surface area contributed by atoms with Crippen LogP contribution in [0.5, 0.6) is 0 Å². The second-order valence-corrected chi connectivity index (χ2v) is 7.73. The first-order chi connectivity index (χ1) is 11.8. The van der Waals surface area contributed by atoms with Crippen molar-refractivity contribution in [3.63, 3.8) is 0 Å². The van der Waals surface area contributed by atoms with Gasteiger partial charge in [-0.1, -0.05) is 38.1 Å². The number of nitrogens with two attached hydrogens (primary N) is 1. The summed E-state index contributed by atoms with van der Waals surface area (Å²) in [5.41, 5.74) is 7.81. The van der Waals surface area contributed by atoms with Gasteiger partial charge < -0.3 is 16.0 Å². The Morgan fingerprint density at radius 2 is 1.76 bits per heavy atom. The minimum atomic E-state index is -0.210. The van der Waals surface area contributed by atoms with Gasteiger partial charge in [0.2, 0.25) is 5.91 Å². The summed E-state index contributed by atoms with van der Waals surface area (Å²) < 4.78 is 0. The lowest BCUT2D eigenvalue weighted by Gasteiger charge is -2.27. The normalized spacial score (nSPS) is 21.8. The van der Waals surface area contributed by atoms with Gasteiger partial charge in [-0.05, 0) is 30.4 Å². The van der Waals surface area contributed by atoms with Crippen LogP contribution in [0.3, 0.4) is 0 Å². The Morgan fingerprint density at radius 3 is 2.28 bits per heavy atom. The van der Waals surface area contributed by atoms with Crippen LogP contribution in [0, 0.1) is 11.8 Å². The number of primary amides is 1. The van der Waals surface area contributed by atoms with Gasteiger partial charge >= 0.3 is 0 Å². The molecule has 4 N–H and O–H groups in total. The molecule has 0 bridgehead atoms. The number of rotatable bonds is 7. The van der Waals surface area contributed by atoms with Gasteiger partial charge in [0.05, 0.1) is 19.1 Å². The first-order valence-electron chi connectivity index (χ1n) is 9.36. The van der Waals surface area contributed by atoms with Gasteiger partial charge in [0.1, 0.15) is 0 Å². The quantitative estimate of drug-likeness (QED) is 0.684. The van der Waals surface area contributed by atoms with Gasteiger partial charge in [-0.2, -0.15) is 0 Å². The molecule has 2 rings (SSSR count). The third-order valence-electron chi connectivity index (χ3n) is 5.01. The summed E-state index contributed by atoms with van der Waals surface area (Å²) in [4.78, 5) is 24.7. The van der Waals surface area contributed by atoms with Crippen molar-refractivity contribution in [1.29, 1.82) is 0 Å². The van der Waals surface area contributed by atoms with E-state index in [0.29, 0.717) is 12.5 Å². The number of carbonyl (C=O) groups is 2. The summed E-state index contributed by atoms with van der Waals surface area (Å²) in [6.45, 7) is 8.57. The van der Waals surface area contributed by atoms with Crippen molar-refractivity contribution >= 4 is 11.8 Å². The third kappa shape index (κ3) is 6.16. The monoisotopic (exact) mass is 346 g/mol. The number of likely N-dealkylation sites (tertiary alicyclic amines) is 1. The molecule has 1 fully saturated rings. The molecule has 1 atom stereocenters. The topological polar surface area (TPSA) is 76.6 Å². The Hall–Kier alpha value is -1.88. The number of nitrogens with one attached hydrogen (secondary N) is 2. The van der Waals surface area contributed by atoms with Gasteiger partial charge in [0.15, 0.2) is 6.54 Å². The molecule has 1 saturated heterocycles. The molecular weight excluding hydrogens is 314 g/mol. The largest absolute Gasteiger partial charge is 0.369 e. The number of piperidine rings is 1. The van der Waals surface area contributed by atoms with Crippen LogP contribution in [0.4, 0.5) is 0 Å². The van der Waals surface area contributed by atoms with E-state index in [-0.39, 0.29) is 23.8 Å². The highest BCUT2D eigenvalue weighted by Crippen LogP contribution is 2.15. The van der Waals surface area contributed by atoms with Crippen molar-refractivity contribution in [2.24, 2.45) is 17.6 Å². The smallest absolute Gasteiger partial charge is 0.275 e. The summed E-state index contributed by atoms with van der Waals surface area (Å²) in [7, 11) is 0. The maximum Gasteiger partial charge on any atom is 0.275 e. The first-order valence-corrected chi connectivity index (χ1v) is 9.36. The van der Waals surface area contributed by atoms with E-state index in [1.807, 2.05) is 6.92 Å². The van der Waals surface area contributed by atoms with E-state index in [0.717, 1.165) is 37.9 Å². The molecule has 138 valence electrons. The summed E-state index contributed by atoms with van der Waals surface area (Å²) in [6, 6.07) is 8.51. The van der Waals surface area contributed by atoms with E-state index < -0.39 is 0 Å². The van der Waals surface area contributed by atoms with Crippen molar-refractivity contribution in [2.75, 3.05) is 19.6 Å². The molecule has 0 radical (unpaired) electrons. The first kappa shape index (κ1) is 19.4. The molecule has 1 heterocycles. The minimum Gasteiger partial charge on any atom is -0.369 e. The molecule has 25 heavy (non-hydrogen) atoms. The Bertz CT molecular complexity index is 575. The van der Waals surface area contributed by atoms with E-state index in [1.54, 1.807) is 0 Å². The number of hydrogen-bond acceptors (Lipinski definition) is 2. The number of benzene rings is 1. The maximum absolute atomic E-state index is 12.3. The van der Waals surface area contributed by atoms with Crippen LogP contribution in [0.2, 0.25) is 0 Å². The zero-order valence-corrected chi connectivity index (χ0v) is 15.7. The SMILES string of the molecule is CC(C)Cc1ccc([C@@H](C)NC(=O)C[NH+]2CCC(C(N)=O)CC2)cc1. The number of hydrogen-bond donors (Lipinski definition) is 3. The fraction of sp³-hybridized carbons (Fsp3) is 0.600. The predicted octanol–water partition coefficient (Wildman–Crippen LogP) is 0.843. The van der Waals surface area contributed by atoms with Gasteiger partial charge in [-0.15, -0.1) is 0 Å². The fourth-order valence-corrected chi connectivity index (χ4v) is 3.50. The molecule has 1 aromatic rings. The molecule has 0 spiro atoms. The average molecular weight is 346 g/mol. The Balaban J connectivity index is 1.79. The van der Waals surface area contributed by atoms with Gasteiger partial charge in [-0.25, -0.2) is 0 Å². The Kier molecular flexibility index (Phi) is 7.00. The van der Waals surface area contributed by atoms with E-state index in [2.05, 4.69) is 43.4 Å². The lowest BCUT2D eigenvalue weighted by molar-refractivity contribution is -0.897. The molecule has 5 nitrogen and oxygen atoms in total. The Labute approximate surface area is 151 Å². The molecular formula is C20H32N3O2+. The highest BCUT2D eigenvalue weighted by Gasteiger charge is 2.27. The van der Waals surface area contributed by atoms with Crippen LogP contribution in [-0.2, 0) is 16.0 Å². The van der Waals surface area contributed by atoms with Gasteiger partial charge in [0, 0.05) is 18.8 Å². The lowest BCUT2D eigenvalue weighted by Crippen LogP contribution is -3.14. The summed E-state index contributed by atoms with van der Waals surface area (Å²) >= 11 is 0. The van der Waals surface area contributed by atoms with Crippen molar-refractivity contribution < 1.29 is 14.5 Å². The van der Waals surface area contributed by atoms with Crippen LogP contribution >= 0.6 is 0 Å². The van der Waals surface area contributed by atoms with Gasteiger partial charge in [-0.3, -0.25) is 9.59 Å². The summed E-state index contributed by atoms with van der Waals surface area (Å²) in [6.07, 6.45) is 2.64. The molecule has 1 aliphatic heterocycles. The Morgan fingerprint density at radius 1 is 1.16 bits per heavy atom. The fourth-order valence-electron chi connectivity index (χ4n) is 3.50. The highest BCUT2D eigenvalue weighted by atomic mass is 16.2. The van der Waals surface area contributed by atoms with E-state index in [4.69, 9.17) is 5.73 Å². The molecule has 5 heteroatoms. The second kappa shape index (κ2) is 8.99. The molecule has 0 unspecified atom stereocenters. The highest BCUT2D eigenvalue weighted by molar-refractivity contribution is 5.77. The summed E-state index contributed by atoms with van der Waals surface area (Å²) in [5, 5.41) is 3.09. The molecule has 0 aromatic heterocycles. The van der Waals surface area contributed by atoms with Crippen LogP contribution in [-0.4, -0.2) is 31.4 Å². The van der Waals surface area contributed by atoms with Crippen LogP contribution < -0.4 is 16.0 Å². The molecule has 2 amide bonds. The number of carbonyl (C=O) groups excluding carboxylic acids is 2. The van der Waals surface area contributed by atoms with Crippen molar-refractivity contribution in [3.8, 4) is 0 Å². The zero-order valence-electron chi connectivity index (χ0n) is 15.7.